The summed E-state index contributed by atoms with van der Waals surface area (Å²) < 4.78 is 1.99. The number of hydrogen-bond donors (Lipinski definition) is 4. The van der Waals surface area contributed by atoms with Crippen molar-refractivity contribution in [2.24, 2.45) is 0 Å². The third kappa shape index (κ3) is 4.27. The summed E-state index contributed by atoms with van der Waals surface area (Å²) in [4.78, 5) is 40.3. The molecule has 1 aliphatic rings. The maximum Gasteiger partial charge on any atom is 0.407 e. The second kappa shape index (κ2) is 8.85. The number of nitrogens with one attached hydrogen (secondary N) is 3. The van der Waals surface area contributed by atoms with Crippen molar-refractivity contribution in [2.45, 2.75) is 19.8 Å². The van der Waals surface area contributed by atoms with Crippen molar-refractivity contribution in [1.82, 2.24) is 34.6 Å². The lowest BCUT2D eigenvalue weighted by atomic mass is 10.1. The number of H-pyrrole nitrogens is 1. The Balaban J connectivity index is 1.39. The minimum atomic E-state index is -0.905. The highest BCUT2D eigenvalue weighted by molar-refractivity contribution is 5.92. The first-order valence-electron chi connectivity index (χ1n) is 11.0. The molecule has 0 radical (unpaired) electrons. The van der Waals surface area contributed by atoms with Gasteiger partial charge >= 0.3 is 6.09 Å². The van der Waals surface area contributed by atoms with E-state index >= 15 is 0 Å². The van der Waals surface area contributed by atoms with Crippen LogP contribution in [0.1, 0.15) is 24.7 Å². The van der Waals surface area contributed by atoms with Crippen molar-refractivity contribution >= 4 is 45.8 Å². The van der Waals surface area contributed by atoms with Crippen LogP contribution in [0.25, 0.3) is 22.3 Å². The number of fused-ring (bicyclic) bond motifs is 2. The normalized spacial score (nSPS) is 13.8. The highest BCUT2D eigenvalue weighted by Crippen LogP contribution is 2.29. The van der Waals surface area contributed by atoms with Crippen LogP contribution in [0, 0.1) is 0 Å². The molecule has 0 aromatic carbocycles. The molecule has 174 valence electrons. The third-order valence-electron chi connectivity index (χ3n) is 5.85. The van der Waals surface area contributed by atoms with Gasteiger partial charge in [-0.3, -0.25) is 4.79 Å². The van der Waals surface area contributed by atoms with Crippen LogP contribution in [0.2, 0.25) is 0 Å². The van der Waals surface area contributed by atoms with Crippen molar-refractivity contribution < 1.29 is 14.7 Å². The molecule has 0 unspecified atom stereocenters. The molecule has 0 spiro atoms. The van der Waals surface area contributed by atoms with Gasteiger partial charge in [-0.15, -0.1) is 0 Å². The number of pyridine rings is 1. The number of carboxylic acid groups (broad SMARTS) is 1. The van der Waals surface area contributed by atoms with E-state index in [2.05, 4.69) is 30.6 Å². The van der Waals surface area contributed by atoms with Gasteiger partial charge in [-0.05, 0) is 30.2 Å². The van der Waals surface area contributed by atoms with Crippen molar-refractivity contribution in [3.63, 3.8) is 0 Å². The Kier molecular flexibility index (Phi) is 5.58. The van der Waals surface area contributed by atoms with Gasteiger partial charge in [0.1, 0.15) is 23.4 Å². The van der Waals surface area contributed by atoms with E-state index in [0.29, 0.717) is 43.9 Å². The molecule has 0 saturated heterocycles. The summed E-state index contributed by atoms with van der Waals surface area (Å²) in [5, 5.41) is 16.2. The lowest BCUT2D eigenvalue weighted by molar-refractivity contribution is -0.118. The average Bonchev–Trinajstić information content (AvgIpc) is 3.44. The molecule has 4 N–H and O–H groups in total. The first kappa shape index (κ1) is 21.4. The van der Waals surface area contributed by atoms with Crippen molar-refractivity contribution in [3.05, 3.63) is 54.4 Å². The molecule has 0 aliphatic carbocycles. The van der Waals surface area contributed by atoms with E-state index in [1.54, 1.807) is 0 Å². The van der Waals surface area contributed by atoms with Gasteiger partial charge in [0.15, 0.2) is 0 Å². The fourth-order valence-electron chi connectivity index (χ4n) is 4.09. The van der Waals surface area contributed by atoms with Crippen LogP contribution in [0.5, 0.6) is 0 Å². The molecule has 0 saturated carbocycles. The van der Waals surface area contributed by atoms with E-state index in [1.165, 1.54) is 18.2 Å². The Morgan fingerprint density at radius 2 is 2.12 bits per heavy atom. The molecular weight excluding hydrogens is 436 g/mol. The second-order valence-electron chi connectivity index (χ2n) is 8.13. The molecule has 11 nitrogen and oxygen atoms in total. The van der Waals surface area contributed by atoms with Crippen LogP contribution in [0.3, 0.4) is 0 Å². The molecule has 5 rings (SSSR count). The number of hydrogen-bond acceptors (Lipinski definition) is 6. The summed E-state index contributed by atoms with van der Waals surface area (Å²) in [5.74, 6) is 0.605. The van der Waals surface area contributed by atoms with Crippen molar-refractivity contribution in [1.29, 1.82) is 0 Å². The quantitative estimate of drug-likeness (QED) is 0.347. The molecule has 1 aliphatic heterocycles. The number of aromatic nitrogens is 5. The van der Waals surface area contributed by atoms with Crippen LogP contribution in [0.4, 0.5) is 16.3 Å². The van der Waals surface area contributed by atoms with Gasteiger partial charge in [0.05, 0.1) is 11.1 Å². The highest BCUT2D eigenvalue weighted by atomic mass is 16.4. The Bertz CT molecular complexity index is 1420. The van der Waals surface area contributed by atoms with E-state index in [-0.39, 0.29) is 5.91 Å². The van der Waals surface area contributed by atoms with E-state index < -0.39 is 6.09 Å². The number of carbonyl (C=O) groups is 2. The van der Waals surface area contributed by atoms with Crippen LogP contribution >= 0.6 is 0 Å². The van der Waals surface area contributed by atoms with Gasteiger partial charge in [-0.25, -0.2) is 19.7 Å². The second-order valence-corrected chi connectivity index (χ2v) is 8.13. The Labute approximate surface area is 194 Å². The predicted octanol–water partition coefficient (Wildman–Crippen LogP) is 2.79. The summed E-state index contributed by atoms with van der Waals surface area (Å²) in [6, 6.07) is 5.85. The van der Waals surface area contributed by atoms with E-state index in [4.69, 9.17) is 5.11 Å². The number of rotatable bonds is 6. The van der Waals surface area contributed by atoms with Gasteiger partial charge in [0.2, 0.25) is 5.91 Å². The topological polar surface area (TPSA) is 141 Å². The summed E-state index contributed by atoms with van der Waals surface area (Å²) in [6.07, 6.45) is 7.59. The van der Waals surface area contributed by atoms with E-state index in [9.17, 15) is 9.59 Å². The fraction of sp³-hybridized carbons (Fsp3) is 0.261. The summed E-state index contributed by atoms with van der Waals surface area (Å²) in [6.45, 7) is 2.87. The smallest absolute Gasteiger partial charge is 0.407 e. The van der Waals surface area contributed by atoms with E-state index in [1.807, 2.05) is 41.1 Å². The number of amides is 2. The maximum atomic E-state index is 11.2. The van der Waals surface area contributed by atoms with Crippen molar-refractivity contribution in [3.8, 4) is 0 Å². The molecule has 2 amide bonds. The van der Waals surface area contributed by atoms with Gasteiger partial charge < -0.3 is 30.0 Å². The first-order chi connectivity index (χ1) is 16.5. The number of anilines is 2. The Morgan fingerprint density at radius 1 is 1.24 bits per heavy atom. The van der Waals surface area contributed by atoms with Crippen LogP contribution in [0.15, 0.2) is 43.0 Å². The zero-order valence-electron chi connectivity index (χ0n) is 18.6. The van der Waals surface area contributed by atoms with Crippen molar-refractivity contribution in [2.75, 3.05) is 25.0 Å². The lowest BCUT2D eigenvalue weighted by Crippen LogP contribution is -2.33. The summed E-state index contributed by atoms with van der Waals surface area (Å²) in [7, 11) is 0. The Morgan fingerprint density at radius 3 is 2.88 bits per heavy atom. The molecular formula is C23H24N8O3. The first-order valence-corrected chi connectivity index (χ1v) is 11.0. The SMILES string of the molecule is CC(=O)NCCc1cnc2ccc(Nc3ncnc4[nH]c(C5=CCN(C(=O)O)CC5)cc34)cn12. The predicted molar refractivity (Wildman–Crippen MR) is 127 cm³/mol. The van der Waals surface area contributed by atoms with E-state index in [0.717, 1.165) is 33.7 Å². The average molecular weight is 460 g/mol. The summed E-state index contributed by atoms with van der Waals surface area (Å²) >= 11 is 0. The zero-order valence-corrected chi connectivity index (χ0v) is 18.6. The number of carbonyl (C=O) groups excluding carboxylic acids is 1. The maximum absolute atomic E-state index is 11.2. The molecule has 0 bridgehead atoms. The molecule has 0 atom stereocenters. The minimum absolute atomic E-state index is 0.0574. The highest BCUT2D eigenvalue weighted by Gasteiger charge is 2.19. The lowest BCUT2D eigenvalue weighted by Gasteiger charge is -2.23. The molecule has 34 heavy (non-hydrogen) atoms. The standard InChI is InChI=1S/C23H24N8O3/c1-14(32)24-7-4-17-11-25-20-3-2-16(12-31(17)20)28-21-18-10-19(29-22(18)27-13-26-21)15-5-8-30(9-6-15)23(33)34/h2-3,5,10-13H,4,6-9H2,1H3,(H,24,32)(H,33,34)(H2,26,27,28,29). The molecule has 5 heterocycles. The number of nitrogens with zero attached hydrogens (tertiary/aromatic N) is 5. The minimum Gasteiger partial charge on any atom is -0.465 e. The van der Waals surface area contributed by atoms with Gasteiger partial charge in [-0.1, -0.05) is 6.08 Å². The van der Waals surface area contributed by atoms with Crippen LogP contribution in [-0.4, -0.2) is 66.0 Å². The number of imidazole rings is 1. The Hall–Kier alpha value is -4.41. The fourth-order valence-corrected chi connectivity index (χ4v) is 4.09. The molecule has 11 heteroatoms. The third-order valence-corrected chi connectivity index (χ3v) is 5.85. The van der Waals surface area contributed by atoms with Gasteiger partial charge in [-0.2, -0.15) is 0 Å². The molecule has 4 aromatic heterocycles. The largest absolute Gasteiger partial charge is 0.465 e. The van der Waals surface area contributed by atoms with Gasteiger partial charge in [0, 0.05) is 56.8 Å². The van der Waals surface area contributed by atoms with Gasteiger partial charge in [0.25, 0.3) is 0 Å². The monoisotopic (exact) mass is 460 g/mol. The molecule has 0 fully saturated rings. The number of aromatic amines is 1. The summed E-state index contributed by atoms with van der Waals surface area (Å²) in [5.41, 5.74) is 5.32. The zero-order chi connectivity index (χ0) is 23.7. The molecule has 4 aromatic rings. The van der Waals surface area contributed by atoms with Crippen LogP contribution < -0.4 is 10.6 Å². The van der Waals surface area contributed by atoms with Crippen LogP contribution in [-0.2, 0) is 11.2 Å².